The second-order valence-corrected chi connectivity index (χ2v) is 8.75. The van der Waals surface area contributed by atoms with Crippen LogP contribution in [-0.4, -0.2) is 5.97 Å². The Bertz CT molecular complexity index is 509. The molecule has 0 atom stereocenters. The second-order valence-electron chi connectivity index (χ2n) is 7.51. The molecular weight excluding hydrogens is 399 g/mol. The smallest absolute Gasteiger partial charge is 0.314 e. The van der Waals surface area contributed by atoms with Gasteiger partial charge in [0.1, 0.15) is 5.75 Å². The number of carbonyl (C=O) groups excluding carboxylic acids is 1. The Morgan fingerprint density at radius 3 is 2.00 bits per heavy atom. The molecule has 0 aromatic heterocycles. The van der Waals surface area contributed by atoms with Crippen molar-refractivity contribution in [1.29, 1.82) is 0 Å². The van der Waals surface area contributed by atoms with Crippen LogP contribution in [0.25, 0.3) is 0 Å². The molecule has 3 heteroatoms. The van der Waals surface area contributed by atoms with Crippen molar-refractivity contribution >= 4 is 28.6 Å². The van der Waals surface area contributed by atoms with Gasteiger partial charge in [-0.15, -0.1) is 0 Å². The molecule has 1 aromatic rings. The van der Waals surface area contributed by atoms with Crippen LogP contribution in [0.15, 0.2) is 24.3 Å². The molecule has 2 fully saturated rings. The Morgan fingerprint density at radius 1 is 0.913 bits per heavy atom. The molecule has 3 rings (SSSR count). The van der Waals surface area contributed by atoms with Gasteiger partial charge in [-0.3, -0.25) is 4.79 Å². The van der Waals surface area contributed by atoms with Crippen molar-refractivity contribution < 1.29 is 9.53 Å². The van der Waals surface area contributed by atoms with Gasteiger partial charge in [0.05, 0.1) is 5.92 Å². The lowest BCUT2D eigenvalue weighted by atomic mass is 9.69. The highest BCUT2D eigenvalue weighted by Crippen LogP contribution is 2.41. The lowest BCUT2D eigenvalue weighted by molar-refractivity contribution is -0.140. The maximum atomic E-state index is 12.4. The summed E-state index contributed by atoms with van der Waals surface area (Å²) in [5.41, 5.74) is 0. The molecule has 0 N–H and O–H groups in total. The minimum absolute atomic E-state index is 0.0260. The molecular formula is C20H27IO2. The summed E-state index contributed by atoms with van der Waals surface area (Å²) >= 11 is 2.26. The van der Waals surface area contributed by atoms with Gasteiger partial charge < -0.3 is 4.74 Å². The van der Waals surface area contributed by atoms with Crippen molar-refractivity contribution in [3.63, 3.8) is 0 Å². The summed E-state index contributed by atoms with van der Waals surface area (Å²) in [6.45, 7) is 2.38. The molecule has 1 aromatic carbocycles. The zero-order valence-corrected chi connectivity index (χ0v) is 16.1. The van der Waals surface area contributed by atoms with Gasteiger partial charge in [-0.1, -0.05) is 19.8 Å². The Hall–Kier alpha value is -0.580. The van der Waals surface area contributed by atoms with Gasteiger partial charge >= 0.3 is 5.97 Å². The van der Waals surface area contributed by atoms with Crippen LogP contribution in [0.5, 0.6) is 5.75 Å². The molecule has 2 aliphatic carbocycles. The van der Waals surface area contributed by atoms with Crippen molar-refractivity contribution in [2.24, 2.45) is 23.7 Å². The van der Waals surface area contributed by atoms with Crippen LogP contribution in [0.1, 0.15) is 58.3 Å². The molecule has 0 spiro atoms. The van der Waals surface area contributed by atoms with Gasteiger partial charge in [-0.05, 0) is 103 Å². The number of esters is 1. The molecule has 2 nitrogen and oxygen atoms in total. The first-order valence-electron chi connectivity index (χ1n) is 9.09. The molecule has 2 saturated carbocycles. The van der Waals surface area contributed by atoms with Crippen LogP contribution in [0.4, 0.5) is 0 Å². The van der Waals surface area contributed by atoms with Gasteiger partial charge in [0.25, 0.3) is 0 Å². The predicted octanol–water partition coefficient (Wildman–Crippen LogP) is 5.83. The van der Waals surface area contributed by atoms with E-state index in [1.807, 2.05) is 24.3 Å². The molecule has 0 aliphatic heterocycles. The largest absolute Gasteiger partial charge is 0.426 e. The van der Waals surface area contributed by atoms with Crippen LogP contribution < -0.4 is 4.74 Å². The van der Waals surface area contributed by atoms with Gasteiger partial charge in [0, 0.05) is 3.57 Å². The SMILES string of the molecule is CC1CCC(C2CCC(C(=O)Oc3ccc(I)cc3)CC2)CC1. The quantitative estimate of drug-likeness (QED) is 0.345. The molecule has 0 radical (unpaired) electrons. The molecule has 0 saturated heterocycles. The summed E-state index contributed by atoms with van der Waals surface area (Å²) in [7, 11) is 0. The van der Waals surface area contributed by atoms with E-state index in [4.69, 9.17) is 4.74 Å². The van der Waals surface area contributed by atoms with Crippen LogP contribution in [0, 0.1) is 27.2 Å². The van der Waals surface area contributed by atoms with Crippen LogP contribution in [0.3, 0.4) is 0 Å². The monoisotopic (exact) mass is 426 g/mol. The third kappa shape index (κ3) is 4.71. The molecule has 0 amide bonds. The zero-order chi connectivity index (χ0) is 16.2. The highest BCUT2D eigenvalue weighted by Gasteiger charge is 2.32. The Morgan fingerprint density at radius 2 is 1.43 bits per heavy atom. The van der Waals surface area contributed by atoms with E-state index in [1.54, 1.807) is 0 Å². The van der Waals surface area contributed by atoms with Gasteiger partial charge in [0.15, 0.2) is 0 Å². The summed E-state index contributed by atoms with van der Waals surface area (Å²) in [6.07, 6.45) is 10.1. The lowest BCUT2D eigenvalue weighted by Gasteiger charge is -2.36. The van der Waals surface area contributed by atoms with E-state index < -0.39 is 0 Å². The fourth-order valence-electron chi connectivity index (χ4n) is 4.29. The summed E-state index contributed by atoms with van der Waals surface area (Å²) < 4.78 is 6.72. The number of ether oxygens (including phenoxy) is 1. The third-order valence-corrected chi connectivity index (χ3v) is 6.58. The number of hydrogen-bond donors (Lipinski definition) is 0. The zero-order valence-electron chi connectivity index (χ0n) is 14.0. The van der Waals surface area contributed by atoms with Crippen molar-refractivity contribution in [2.45, 2.75) is 58.3 Å². The Balaban J connectivity index is 1.46. The van der Waals surface area contributed by atoms with E-state index in [2.05, 4.69) is 29.5 Å². The summed E-state index contributed by atoms with van der Waals surface area (Å²) in [5, 5.41) is 0. The lowest BCUT2D eigenvalue weighted by Crippen LogP contribution is -2.29. The van der Waals surface area contributed by atoms with Crippen LogP contribution in [0.2, 0.25) is 0 Å². The average molecular weight is 426 g/mol. The first-order valence-corrected chi connectivity index (χ1v) is 10.2. The molecule has 23 heavy (non-hydrogen) atoms. The van der Waals surface area contributed by atoms with E-state index in [9.17, 15) is 4.79 Å². The number of halogens is 1. The van der Waals surface area contributed by atoms with Crippen molar-refractivity contribution in [3.8, 4) is 5.75 Å². The van der Waals surface area contributed by atoms with Crippen molar-refractivity contribution in [3.05, 3.63) is 27.8 Å². The Kier molecular flexibility index (Phi) is 6.00. The van der Waals surface area contributed by atoms with E-state index in [-0.39, 0.29) is 11.9 Å². The first-order chi connectivity index (χ1) is 11.1. The second kappa shape index (κ2) is 8.00. The van der Waals surface area contributed by atoms with Crippen molar-refractivity contribution in [1.82, 2.24) is 0 Å². The number of rotatable bonds is 3. The minimum Gasteiger partial charge on any atom is -0.426 e. The summed E-state index contributed by atoms with van der Waals surface area (Å²) in [5.74, 6) is 3.45. The maximum absolute atomic E-state index is 12.4. The predicted molar refractivity (Wildman–Crippen MR) is 101 cm³/mol. The van der Waals surface area contributed by atoms with E-state index in [0.717, 1.165) is 34.2 Å². The highest BCUT2D eigenvalue weighted by molar-refractivity contribution is 14.1. The average Bonchev–Trinajstić information content (AvgIpc) is 2.58. The minimum atomic E-state index is -0.0260. The number of benzene rings is 1. The van der Waals surface area contributed by atoms with Crippen LogP contribution in [-0.2, 0) is 4.79 Å². The standard InChI is InChI=1S/C20H27IO2/c1-14-2-4-15(5-3-14)16-6-8-17(9-7-16)20(22)23-19-12-10-18(21)11-13-19/h10-17H,2-9H2,1H3. The molecule has 0 bridgehead atoms. The maximum Gasteiger partial charge on any atom is 0.314 e. The van der Waals surface area contributed by atoms with E-state index in [1.165, 1.54) is 38.5 Å². The van der Waals surface area contributed by atoms with Gasteiger partial charge in [-0.2, -0.15) is 0 Å². The fourth-order valence-corrected chi connectivity index (χ4v) is 4.65. The molecule has 126 valence electrons. The Labute approximate surface area is 153 Å². The summed E-state index contributed by atoms with van der Waals surface area (Å²) in [4.78, 5) is 12.4. The number of hydrogen-bond acceptors (Lipinski definition) is 2. The molecule has 0 heterocycles. The highest BCUT2D eigenvalue weighted by atomic mass is 127. The van der Waals surface area contributed by atoms with Crippen molar-refractivity contribution in [2.75, 3.05) is 0 Å². The van der Waals surface area contributed by atoms with E-state index >= 15 is 0 Å². The topological polar surface area (TPSA) is 26.3 Å². The molecule has 0 unspecified atom stereocenters. The number of carbonyl (C=O) groups is 1. The van der Waals surface area contributed by atoms with Gasteiger partial charge in [-0.25, -0.2) is 0 Å². The fraction of sp³-hybridized carbons (Fsp3) is 0.650. The summed E-state index contributed by atoms with van der Waals surface area (Å²) in [6, 6.07) is 7.72. The van der Waals surface area contributed by atoms with Crippen LogP contribution >= 0.6 is 22.6 Å². The van der Waals surface area contributed by atoms with E-state index in [0.29, 0.717) is 5.75 Å². The normalized spacial score (nSPS) is 31.6. The molecule has 2 aliphatic rings. The van der Waals surface area contributed by atoms with Gasteiger partial charge in [0.2, 0.25) is 0 Å². The first kappa shape index (κ1) is 17.2. The third-order valence-electron chi connectivity index (χ3n) is 5.86.